The molecule has 27 heavy (non-hydrogen) atoms. The number of rotatable bonds is 4. The smallest absolute Gasteiger partial charge is 0.303 e. The van der Waals surface area contributed by atoms with Crippen LogP contribution in [-0.4, -0.2) is 56.0 Å². The summed E-state index contributed by atoms with van der Waals surface area (Å²) in [4.78, 5) is 30.7. The highest BCUT2D eigenvalue weighted by Crippen LogP contribution is 2.41. The lowest BCUT2D eigenvalue weighted by Gasteiger charge is -2.28. The van der Waals surface area contributed by atoms with Gasteiger partial charge in [-0.25, -0.2) is 9.97 Å². The van der Waals surface area contributed by atoms with Crippen molar-refractivity contribution in [1.29, 1.82) is 0 Å². The molecular formula is C17H18N4O6. The predicted molar refractivity (Wildman–Crippen MR) is 91.8 cm³/mol. The number of hydrogen-bond acceptors (Lipinski definition) is 9. The molecule has 0 radical (unpaired) electrons. The average molecular weight is 374 g/mol. The first kappa shape index (κ1) is 18.6. The Labute approximate surface area is 154 Å². The van der Waals surface area contributed by atoms with Crippen LogP contribution in [0.4, 0.5) is 5.82 Å². The molecule has 0 aromatic carbocycles. The van der Waals surface area contributed by atoms with E-state index in [-0.39, 0.29) is 12.4 Å². The highest BCUT2D eigenvalue weighted by Gasteiger charge is 2.58. The third-order valence-electron chi connectivity index (χ3n) is 4.22. The Morgan fingerprint density at radius 2 is 2.19 bits per heavy atom. The first-order chi connectivity index (χ1) is 12.8. The largest absolute Gasteiger partial charge is 0.463 e. The van der Waals surface area contributed by atoms with Crippen LogP contribution in [0.3, 0.4) is 0 Å². The predicted octanol–water partition coefficient (Wildman–Crippen LogP) is -0.230. The second-order valence-corrected chi connectivity index (χ2v) is 6.05. The van der Waals surface area contributed by atoms with Gasteiger partial charge >= 0.3 is 11.9 Å². The molecule has 3 rings (SSSR count). The number of aliphatic hydroxyl groups is 1. The van der Waals surface area contributed by atoms with E-state index in [0.29, 0.717) is 11.0 Å². The number of carbonyl (C=O) groups excluding carboxylic acids is 2. The van der Waals surface area contributed by atoms with E-state index < -0.39 is 36.0 Å². The highest BCUT2D eigenvalue weighted by atomic mass is 16.6. The summed E-state index contributed by atoms with van der Waals surface area (Å²) in [6.07, 6.45) is 4.99. The summed E-state index contributed by atoms with van der Waals surface area (Å²) < 4.78 is 17.5. The van der Waals surface area contributed by atoms with Crippen molar-refractivity contribution in [2.75, 3.05) is 12.3 Å². The van der Waals surface area contributed by atoms with Crippen LogP contribution in [0.25, 0.3) is 11.0 Å². The number of ether oxygens (including phenoxy) is 3. The van der Waals surface area contributed by atoms with Crippen LogP contribution in [0.15, 0.2) is 18.6 Å². The van der Waals surface area contributed by atoms with E-state index in [2.05, 4.69) is 15.9 Å². The third-order valence-corrected chi connectivity index (χ3v) is 4.22. The standard InChI is InChI=1S/C17H18N4O6/c1-4-17(24)13(26-10(3)23)12(7-25-9(2)22)27-16(17)21-6-5-11-14(18)19-8-20-15(11)21/h1,5-6,8,12-13,16,24H,7H2,2-3H3,(H2,18,19,20). The summed E-state index contributed by atoms with van der Waals surface area (Å²) >= 11 is 0. The van der Waals surface area contributed by atoms with Gasteiger partial charge in [-0.2, -0.15) is 0 Å². The van der Waals surface area contributed by atoms with Gasteiger partial charge in [-0.15, -0.1) is 6.42 Å². The second kappa shape index (κ2) is 6.86. The van der Waals surface area contributed by atoms with Crippen LogP contribution in [0.5, 0.6) is 0 Å². The summed E-state index contributed by atoms with van der Waals surface area (Å²) in [5.41, 5.74) is 4.17. The van der Waals surface area contributed by atoms with Crippen molar-refractivity contribution in [3.05, 3.63) is 18.6 Å². The number of carbonyl (C=O) groups is 2. The van der Waals surface area contributed by atoms with E-state index in [1.165, 1.54) is 24.7 Å². The van der Waals surface area contributed by atoms with Gasteiger partial charge in [0, 0.05) is 20.0 Å². The third kappa shape index (κ3) is 3.18. The Kier molecular flexibility index (Phi) is 4.73. The van der Waals surface area contributed by atoms with Crippen LogP contribution < -0.4 is 5.73 Å². The van der Waals surface area contributed by atoms with E-state index in [4.69, 9.17) is 26.4 Å². The Morgan fingerprint density at radius 1 is 1.44 bits per heavy atom. The van der Waals surface area contributed by atoms with Gasteiger partial charge in [-0.3, -0.25) is 9.59 Å². The van der Waals surface area contributed by atoms with Crippen LogP contribution in [-0.2, 0) is 23.8 Å². The molecule has 4 unspecified atom stereocenters. The molecule has 0 saturated carbocycles. The van der Waals surface area contributed by atoms with Crippen LogP contribution in [0.2, 0.25) is 0 Å². The summed E-state index contributed by atoms with van der Waals surface area (Å²) in [6.45, 7) is 2.13. The summed E-state index contributed by atoms with van der Waals surface area (Å²) in [7, 11) is 0. The van der Waals surface area contributed by atoms with E-state index in [0.717, 1.165) is 0 Å². The molecule has 0 bridgehead atoms. The molecule has 2 aromatic rings. The molecule has 0 amide bonds. The second-order valence-electron chi connectivity index (χ2n) is 6.05. The van der Waals surface area contributed by atoms with Crippen molar-refractivity contribution in [2.45, 2.75) is 37.9 Å². The zero-order chi connectivity index (χ0) is 19.8. The highest BCUT2D eigenvalue weighted by molar-refractivity contribution is 5.86. The Hall–Kier alpha value is -3.16. The molecule has 1 aliphatic heterocycles. The lowest BCUT2D eigenvalue weighted by Crippen LogP contribution is -2.48. The average Bonchev–Trinajstić information content (AvgIpc) is 3.14. The quantitative estimate of drug-likeness (QED) is 0.549. The van der Waals surface area contributed by atoms with E-state index in [1.54, 1.807) is 12.3 Å². The number of terminal acetylenes is 1. The molecule has 10 heteroatoms. The molecule has 0 spiro atoms. The molecular weight excluding hydrogens is 356 g/mol. The first-order valence-corrected chi connectivity index (χ1v) is 8.01. The fourth-order valence-corrected chi connectivity index (χ4v) is 3.05. The molecule has 2 aromatic heterocycles. The van der Waals surface area contributed by atoms with Crippen LogP contribution in [0, 0.1) is 12.3 Å². The lowest BCUT2D eigenvalue weighted by atomic mass is 9.94. The maximum absolute atomic E-state index is 11.5. The maximum atomic E-state index is 11.5. The molecule has 3 N–H and O–H groups in total. The number of aromatic nitrogens is 3. The molecule has 3 heterocycles. The maximum Gasteiger partial charge on any atom is 0.303 e. The molecule has 1 fully saturated rings. The van der Waals surface area contributed by atoms with E-state index in [1.807, 2.05) is 0 Å². The normalized spacial score (nSPS) is 27.3. The summed E-state index contributed by atoms with van der Waals surface area (Å²) in [5.74, 6) is 1.27. The number of fused-ring (bicyclic) bond motifs is 1. The molecule has 10 nitrogen and oxygen atoms in total. The van der Waals surface area contributed by atoms with Gasteiger partial charge in [-0.05, 0) is 6.07 Å². The van der Waals surface area contributed by atoms with Gasteiger partial charge < -0.3 is 29.6 Å². The Morgan fingerprint density at radius 3 is 2.81 bits per heavy atom. The van der Waals surface area contributed by atoms with E-state index in [9.17, 15) is 14.7 Å². The number of esters is 2. The van der Waals surface area contributed by atoms with E-state index >= 15 is 0 Å². The van der Waals surface area contributed by atoms with Crippen molar-refractivity contribution >= 4 is 28.8 Å². The van der Waals surface area contributed by atoms with Gasteiger partial charge in [-0.1, -0.05) is 5.92 Å². The number of nitrogen functional groups attached to an aromatic ring is 1. The SMILES string of the molecule is C#CC1(O)C(OC(C)=O)C(COC(C)=O)OC1n1ccc2c(N)ncnc21. The Bertz CT molecular complexity index is 935. The van der Waals surface area contributed by atoms with Gasteiger partial charge in [0.05, 0.1) is 5.39 Å². The number of nitrogens with zero attached hydrogens (tertiary/aromatic N) is 3. The van der Waals surface area contributed by atoms with Crippen molar-refractivity contribution in [3.63, 3.8) is 0 Å². The minimum absolute atomic E-state index is 0.244. The van der Waals surface area contributed by atoms with Crippen LogP contribution >= 0.6 is 0 Å². The van der Waals surface area contributed by atoms with Crippen molar-refractivity contribution in [2.24, 2.45) is 0 Å². The monoisotopic (exact) mass is 374 g/mol. The summed E-state index contributed by atoms with van der Waals surface area (Å²) in [5, 5.41) is 11.7. The minimum Gasteiger partial charge on any atom is -0.463 e. The van der Waals surface area contributed by atoms with Crippen molar-refractivity contribution < 1.29 is 28.9 Å². The summed E-state index contributed by atoms with van der Waals surface area (Å²) in [6, 6.07) is 1.64. The number of anilines is 1. The molecule has 4 atom stereocenters. The fourth-order valence-electron chi connectivity index (χ4n) is 3.05. The van der Waals surface area contributed by atoms with Crippen molar-refractivity contribution in [3.8, 4) is 12.3 Å². The van der Waals surface area contributed by atoms with Gasteiger partial charge in [0.15, 0.2) is 12.3 Å². The molecule has 1 saturated heterocycles. The van der Waals surface area contributed by atoms with Gasteiger partial charge in [0.2, 0.25) is 5.60 Å². The fraction of sp³-hybridized carbons (Fsp3) is 0.412. The van der Waals surface area contributed by atoms with Gasteiger partial charge in [0.1, 0.15) is 30.5 Å². The number of hydrogen-bond donors (Lipinski definition) is 2. The molecule has 1 aliphatic rings. The molecule has 142 valence electrons. The zero-order valence-corrected chi connectivity index (χ0v) is 14.7. The Balaban J connectivity index is 2.05. The first-order valence-electron chi connectivity index (χ1n) is 8.01. The van der Waals surface area contributed by atoms with Crippen molar-refractivity contribution in [1.82, 2.24) is 14.5 Å². The lowest BCUT2D eigenvalue weighted by molar-refractivity contribution is -0.159. The zero-order valence-electron chi connectivity index (χ0n) is 14.7. The minimum atomic E-state index is -2.04. The van der Waals surface area contributed by atoms with Gasteiger partial charge in [0.25, 0.3) is 0 Å². The topological polar surface area (TPSA) is 139 Å². The van der Waals surface area contributed by atoms with Crippen LogP contribution in [0.1, 0.15) is 20.1 Å². The molecule has 0 aliphatic carbocycles. The number of nitrogens with two attached hydrogens (primary N) is 1.